The second kappa shape index (κ2) is 5.67. The van der Waals surface area contributed by atoms with Crippen molar-refractivity contribution in [1.82, 2.24) is 5.32 Å². The number of rotatable bonds is 4. The zero-order chi connectivity index (χ0) is 12.3. The molecule has 0 aliphatic carbocycles. The van der Waals surface area contributed by atoms with Gasteiger partial charge in [0, 0.05) is 16.5 Å². The van der Waals surface area contributed by atoms with E-state index in [4.69, 9.17) is 0 Å². The summed E-state index contributed by atoms with van der Waals surface area (Å²) in [6.07, 6.45) is 0. The molecule has 2 aromatic rings. The van der Waals surface area contributed by atoms with Crippen molar-refractivity contribution in [3.05, 3.63) is 47.1 Å². The largest absolute Gasteiger partial charge is 0.313 e. The average Bonchev–Trinajstić information content (AvgIpc) is 2.81. The predicted molar refractivity (Wildman–Crippen MR) is 72.3 cm³/mol. The van der Waals surface area contributed by atoms with Gasteiger partial charge >= 0.3 is 0 Å². The fraction of sp³-hybridized carbons (Fsp3) is 0.231. The van der Waals surface area contributed by atoms with E-state index >= 15 is 0 Å². The molecule has 1 unspecified atom stereocenters. The number of thiophene rings is 1. The van der Waals surface area contributed by atoms with Gasteiger partial charge in [-0.25, -0.2) is 4.39 Å². The van der Waals surface area contributed by atoms with Crippen molar-refractivity contribution in [2.24, 2.45) is 0 Å². The Balaban J connectivity index is 2.36. The topological polar surface area (TPSA) is 12.0 Å². The molecule has 0 saturated heterocycles. The zero-order valence-corrected chi connectivity index (χ0v) is 11.4. The molecule has 0 spiro atoms. The van der Waals surface area contributed by atoms with Crippen LogP contribution in [-0.2, 0) is 0 Å². The van der Waals surface area contributed by atoms with Crippen LogP contribution in [0, 0.1) is 5.82 Å². The van der Waals surface area contributed by atoms with Crippen molar-refractivity contribution in [1.29, 1.82) is 0 Å². The van der Waals surface area contributed by atoms with E-state index < -0.39 is 0 Å². The normalized spacial score (nSPS) is 12.6. The van der Waals surface area contributed by atoms with E-state index in [1.165, 1.54) is 10.3 Å². The lowest BCUT2D eigenvalue weighted by Gasteiger charge is -2.15. The van der Waals surface area contributed by atoms with Crippen LogP contribution in [0.5, 0.6) is 0 Å². The van der Waals surface area contributed by atoms with Gasteiger partial charge < -0.3 is 5.32 Å². The van der Waals surface area contributed by atoms with Gasteiger partial charge in [0.15, 0.2) is 0 Å². The Morgan fingerprint density at radius 3 is 2.76 bits per heavy atom. The van der Waals surface area contributed by atoms with Crippen molar-refractivity contribution in [2.45, 2.75) is 22.1 Å². The second-order valence-corrected chi connectivity index (χ2v) is 5.99. The summed E-state index contributed by atoms with van der Waals surface area (Å²) in [7, 11) is 1.84. The van der Waals surface area contributed by atoms with Crippen LogP contribution in [0.25, 0.3) is 0 Å². The minimum absolute atomic E-state index is 0.0127. The fourth-order valence-electron chi connectivity index (χ4n) is 1.60. The van der Waals surface area contributed by atoms with Gasteiger partial charge in [0.1, 0.15) is 5.82 Å². The molecule has 17 heavy (non-hydrogen) atoms. The van der Waals surface area contributed by atoms with Crippen molar-refractivity contribution < 1.29 is 4.39 Å². The molecule has 90 valence electrons. The predicted octanol–water partition coefficient (Wildman–Crippen LogP) is 4.32. The van der Waals surface area contributed by atoms with Gasteiger partial charge in [-0.1, -0.05) is 23.9 Å². The number of halogens is 1. The molecule has 0 fully saturated rings. The lowest BCUT2D eigenvalue weighted by atomic mass is 10.1. The van der Waals surface area contributed by atoms with Gasteiger partial charge in [-0.05, 0) is 37.6 Å². The SMILES string of the molecule is CNC(C)c1c(F)cccc1Sc1cccs1. The Hall–Kier alpha value is -0.840. The highest BCUT2D eigenvalue weighted by Crippen LogP contribution is 2.36. The maximum absolute atomic E-state index is 13.9. The fourth-order valence-corrected chi connectivity index (χ4v) is 3.57. The van der Waals surface area contributed by atoms with E-state index in [2.05, 4.69) is 5.32 Å². The van der Waals surface area contributed by atoms with Crippen LogP contribution >= 0.6 is 23.1 Å². The van der Waals surface area contributed by atoms with Gasteiger partial charge in [-0.2, -0.15) is 0 Å². The summed E-state index contributed by atoms with van der Waals surface area (Å²) in [6.45, 7) is 1.97. The first-order valence-electron chi connectivity index (χ1n) is 5.39. The second-order valence-electron chi connectivity index (χ2n) is 3.70. The lowest BCUT2D eigenvalue weighted by molar-refractivity contribution is 0.552. The van der Waals surface area contributed by atoms with Crippen LogP contribution in [0.2, 0.25) is 0 Å². The third-order valence-corrected chi connectivity index (χ3v) is 4.70. The summed E-state index contributed by atoms with van der Waals surface area (Å²) in [5, 5.41) is 5.12. The van der Waals surface area contributed by atoms with Crippen LogP contribution in [-0.4, -0.2) is 7.05 Å². The van der Waals surface area contributed by atoms with Crippen LogP contribution in [0.15, 0.2) is 44.8 Å². The van der Waals surface area contributed by atoms with E-state index in [0.717, 1.165) is 10.5 Å². The number of benzene rings is 1. The van der Waals surface area contributed by atoms with E-state index in [-0.39, 0.29) is 11.9 Å². The first-order valence-corrected chi connectivity index (χ1v) is 7.09. The molecule has 0 amide bonds. The Bertz CT molecular complexity index is 482. The molecule has 1 aromatic heterocycles. The highest BCUT2D eigenvalue weighted by Gasteiger charge is 2.15. The maximum atomic E-state index is 13.9. The minimum Gasteiger partial charge on any atom is -0.313 e. The molecule has 1 N–H and O–H groups in total. The molecule has 0 bridgehead atoms. The molecular weight excluding hydrogens is 253 g/mol. The summed E-state index contributed by atoms with van der Waals surface area (Å²) in [5.74, 6) is -0.145. The Morgan fingerprint density at radius 1 is 1.29 bits per heavy atom. The Kier molecular flexibility index (Phi) is 4.20. The summed E-state index contributed by atoms with van der Waals surface area (Å²) in [4.78, 5) is 0.981. The van der Waals surface area contributed by atoms with E-state index in [0.29, 0.717) is 0 Å². The number of nitrogens with one attached hydrogen (secondary N) is 1. The van der Waals surface area contributed by atoms with Crippen molar-refractivity contribution in [3.63, 3.8) is 0 Å². The Morgan fingerprint density at radius 2 is 2.12 bits per heavy atom. The van der Waals surface area contributed by atoms with E-state index in [9.17, 15) is 4.39 Å². The van der Waals surface area contributed by atoms with Crippen molar-refractivity contribution >= 4 is 23.1 Å². The minimum atomic E-state index is -0.145. The van der Waals surface area contributed by atoms with Gasteiger partial charge in [0.2, 0.25) is 0 Å². The van der Waals surface area contributed by atoms with Gasteiger partial charge in [-0.3, -0.25) is 0 Å². The molecule has 1 heterocycles. The number of hydrogen-bond acceptors (Lipinski definition) is 3. The molecule has 0 saturated carbocycles. The molecular formula is C13H14FNS2. The van der Waals surface area contributed by atoms with Gasteiger partial charge in [-0.15, -0.1) is 11.3 Å². The van der Waals surface area contributed by atoms with E-state index in [1.54, 1.807) is 29.2 Å². The molecule has 1 atom stereocenters. The first kappa shape index (κ1) is 12.6. The lowest BCUT2D eigenvalue weighted by Crippen LogP contribution is -2.14. The molecule has 1 aromatic carbocycles. The highest BCUT2D eigenvalue weighted by atomic mass is 32.2. The third kappa shape index (κ3) is 2.89. The first-order chi connectivity index (χ1) is 8.22. The summed E-state index contributed by atoms with van der Waals surface area (Å²) in [5.41, 5.74) is 0.744. The number of hydrogen-bond donors (Lipinski definition) is 1. The molecule has 2 rings (SSSR count). The molecule has 4 heteroatoms. The van der Waals surface area contributed by atoms with Gasteiger partial charge in [0.05, 0.1) is 4.21 Å². The molecule has 1 nitrogen and oxygen atoms in total. The molecule has 0 aliphatic rings. The van der Waals surface area contributed by atoms with Crippen LogP contribution in [0.4, 0.5) is 4.39 Å². The zero-order valence-electron chi connectivity index (χ0n) is 9.74. The van der Waals surface area contributed by atoms with Crippen molar-refractivity contribution in [3.8, 4) is 0 Å². The highest BCUT2D eigenvalue weighted by molar-refractivity contribution is 8.01. The quantitative estimate of drug-likeness (QED) is 0.885. The summed E-state index contributed by atoms with van der Waals surface area (Å²) in [6, 6.07) is 9.32. The monoisotopic (exact) mass is 267 g/mol. The van der Waals surface area contributed by atoms with Crippen LogP contribution in [0.1, 0.15) is 18.5 Å². The molecule has 0 aliphatic heterocycles. The average molecular weight is 267 g/mol. The Labute approximate surface area is 109 Å². The van der Waals surface area contributed by atoms with E-state index in [1.807, 2.05) is 37.6 Å². The van der Waals surface area contributed by atoms with Gasteiger partial charge in [0.25, 0.3) is 0 Å². The maximum Gasteiger partial charge on any atom is 0.129 e. The van der Waals surface area contributed by atoms with Crippen LogP contribution in [0.3, 0.4) is 0 Å². The summed E-state index contributed by atoms with van der Waals surface area (Å²) >= 11 is 3.29. The standard InChI is InChI=1S/C13H14FNS2/c1-9(15-2)13-10(14)5-3-6-11(13)17-12-7-4-8-16-12/h3-9,15H,1-2H3. The van der Waals surface area contributed by atoms with Crippen molar-refractivity contribution in [2.75, 3.05) is 7.05 Å². The summed E-state index contributed by atoms with van der Waals surface area (Å²) < 4.78 is 15.0. The smallest absolute Gasteiger partial charge is 0.129 e. The van der Waals surface area contributed by atoms with Crippen LogP contribution < -0.4 is 5.32 Å². The molecule has 0 radical (unpaired) electrons. The third-order valence-electron chi connectivity index (χ3n) is 2.58.